The molecule has 0 radical (unpaired) electrons. The highest BCUT2D eigenvalue weighted by atomic mass is 16.4. The fraction of sp³-hybridized carbons (Fsp3) is 0.0909. The summed E-state index contributed by atoms with van der Waals surface area (Å²) in [4.78, 5) is 15.8. The molecule has 2 heterocycles. The Morgan fingerprint density at radius 2 is 1.77 bits per heavy atom. The number of hydrogen-bond donors (Lipinski definition) is 1. The maximum Gasteiger partial charge on any atom is 0.335 e. The number of aryl methyl sites for hydroxylation is 2. The van der Waals surface area contributed by atoms with Gasteiger partial charge < -0.3 is 5.11 Å². The van der Waals surface area contributed by atoms with Crippen LogP contribution in [-0.2, 0) is 0 Å². The Morgan fingerprint density at radius 1 is 0.962 bits per heavy atom. The maximum atomic E-state index is 11.2. The van der Waals surface area contributed by atoms with Crippen LogP contribution in [0.2, 0.25) is 0 Å². The van der Waals surface area contributed by atoms with Gasteiger partial charge >= 0.3 is 5.97 Å². The lowest BCUT2D eigenvalue weighted by Gasteiger charge is -2.08. The van der Waals surface area contributed by atoms with E-state index in [-0.39, 0.29) is 0 Å². The van der Waals surface area contributed by atoms with Gasteiger partial charge in [0.2, 0.25) is 0 Å². The van der Waals surface area contributed by atoms with Crippen LogP contribution in [0.4, 0.5) is 0 Å². The number of rotatable bonds is 3. The molecular weight excluding hydrogens is 324 g/mol. The molecule has 0 unspecified atom stereocenters. The average molecular weight is 342 g/mol. The van der Waals surface area contributed by atoms with E-state index >= 15 is 0 Å². The van der Waals surface area contributed by atoms with Crippen molar-refractivity contribution in [3.63, 3.8) is 0 Å². The predicted octanol–water partition coefficient (Wildman–Crippen LogP) is 4.98. The zero-order chi connectivity index (χ0) is 18.3. The molecule has 128 valence electrons. The number of benzene rings is 2. The van der Waals surface area contributed by atoms with Crippen LogP contribution < -0.4 is 0 Å². The molecule has 0 aliphatic heterocycles. The Kier molecular flexibility index (Phi) is 3.81. The minimum Gasteiger partial charge on any atom is -0.478 e. The van der Waals surface area contributed by atoms with Crippen LogP contribution in [0.5, 0.6) is 0 Å². The van der Waals surface area contributed by atoms with Gasteiger partial charge in [0.05, 0.1) is 17.3 Å². The highest BCUT2D eigenvalue weighted by molar-refractivity contribution is 5.90. The Hall–Kier alpha value is -3.40. The molecule has 0 aliphatic carbocycles. The zero-order valence-corrected chi connectivity index (χ0v) is 14.6. The molecule has 0 fully saturated rings. The molecule has 4 aromatic rings. The lowest BCUT2D eigenvalue weighted by atomic mass is 10.0. The molecule has 0 saturated heterocycles. The van der Waals surface area contributed by atoms with Gasteiger partial charge in [0.15, 0.2) is 0 Å². The third-order valence-electron chi connectivity index (χ3n) is 4.59. The number of imidazole rings is 1. The van der Waals surface area contributed by atoms with Gasteiger partial charge in [-0.1, -0.05) is 42.0 Å². The van der Waals surface area contributed by atoms with E-state index in [0.717, 1.165) is 33.6 Å². The standard InChI is InChI=1S/C22H18N2O2/c1-14-4-3-5-17(10-14)21-23-12-19-8-6-18(13-24(19)21)16-7-9-20(22(25)26)15(2)11-16/h3-13H,1-2H3,(H,25,26). The number of hydrogen-bond acceptors (Lipinski definition) is 2. The molecule has 0 amide bonds. The number of aromatic carboxylic acids is 1. The van der Waals surface area contributed by atoms with Crippen molar-refractivity contribution >= 4 is 11.5 Å². The summed E-state index contributed by atoms with van der Waals surface area (Å²) in [5.41, 5.74) is 6.36. The van der Waals surface area contributed by atoms with Gasteiger partial charge in [-0.15, -0.1) is 0 Å². The molecular formula is C22H18N2O2. The van der Waals surface area contributed by atoms with E-state index in [1.807, 2.05) is 43.5 Å². The van der Waals surface area contributed by atoms with Crippen LogP contribution in [0.15, 0.2) is 67.0 Å². The second kappa shape index (κ2) is 6.15. The van der Waals surface area contributed by atoms with Gasteiger partial charge in [0.25, 0.3) is 0 Å². The molecule has 4 rings (SSSR count). The second-order valence-corrected chi connectivity index (χ2v) is 6.50. The highest BCUT2D eigenvalue weighted by Gasteiger charge is 2.11. The number of aromatic nitrogens is 2. The van der Waals surface area contributed by atoms with Gasteiger partial charge in [-0.05, 0) is 48.7 Å². The van der Waals surface area contributed by atoms with Crippen LogP contribution in [0, 0.1) is 13.8 Å². The summed E-state index contributed by atoms with van der Waals surface area (Å²) in [7, 11) is 0. The number of pyridine rings is 1. The largest absolute Gasteiger partial charge is 0.478 e. The first-order valence-corrected chi connectivity index (χ1v) is 8.41. The Morgan fingerprint density at radius 3 is 2.50 bits per heavy atom. The third-order valence-corrected chi connectivity index (χ3v) is 4.59. The monoisotopic (exact) mass is 342 g/mol. The molecule has 2 aromatic carbocycles. The first-order chi connectivity index (χ1) is 12.5. The Bertz CT molecular complexity index is 1140. The first kappa shape index (κ1) is 16.1. The van der Waals surface area contributed by atoms with E-state index in [4.69, 9.17) is 0 Å². The Balaban J connectivity index is 1.84. The molecule has 0 bridgehead atoms. The highest BCUT2D eigenvalue weighted by Crippen LogP contribution is 2.26. The number of carboxylic acids is 1. The number of carbonyl (C=O) groups is 1. The van der Waals surface area contributed by atoms with Crippen LogP contribution in [0.25, 0.3) is 28.0 Å². The van der Waals surface area contributed by atoms with Crippen molar-refractivity contribution in [2.24, 2.45) is 0 Å². The van der Waals surface area contributed by atoms with E-state index in [2.05, 4.69) is 40.7 Å². The first-order valence-electron chi connectivity index (χ1n) is 8.41. The van der Waals surface area contributed by atoms with Gasteiger partial charge in [-0.3, -0.25) is 4.40 Å². The molecule has 26 heavy (non-hydrogen) atoms. The van der Waals surface area contributed by atoms with E-state index < -0.39 is 5.97 Å². The van der Waals surface area contributed by atoms with Crippen molar-refractivity contribution in [2.75, 3.05) is 0 Å². The van der Waals surface area contributed by atoms with Crippen molar-refractivity contribution in [1.82, 2.24) is 9.38 Å². The summed E-state index contributed by atoms with van der Waals surface area (Å²) >= 11 is 0. The quantitative estimate of drug-likeness (QED) is 0.571. The zero-order valence-electron chi connectivity index (χ0n) is 14.6. The summed E-state index contributed by atoms with van der Waals surface area (Å²) < 4.78 is 2.07. The van der Waals surface area contributed by atoms with Crippen molar-refractivity contribution < 1.29 is 9.90 Å². The number of nitrogens with zero attached hydrogens (tertiary/aromatic N) is 2. The van der Waals surface area contributed by atoms with Gasteiger partial charge in [0.1, 0.15) is 5.82 Å². The molecule has 0 saturated carbocycles. The fourth-order valence-corrected chi connectivity index (χ4v) is 3.24. The van der Waals surface area contributed by atoms with Crippen LogP contribution in [0.3, 0.4) is 0 Å². The van der Waals surface area contributed by atoms with Gasteiger partial charge in [0, 0.05) is 11.8 Å². The smallest absolute Gasteiger partial charge is 0.335 e. The van der Waals surface area contributed by atoms with E-state index in [1.54, 1.807) is 6.07 Å². The molecule has 0 atom stereocenters. The lowest BCUT2D eigenvalue weighted by molar-refractivity contribution is 0.0696. The SMILES string of the molecule is Cc1cccc(-c2ncc3ccc(-c4ccc(C(=O)O)c(C)c4)cn23)c1. The summed E-state index contributed by atoms with van der Waals surface area (Å²) in [6.45, 7) is 3.89. The van der Waals surface area contributed by atoms with Crippen molar-refractivity contribution in [1.29, 1.82) is 0 Å². The third kappa shape index (κ3) is 2.75. The number of carboxylic acid groups (broad SMARTS) is 1. The lowest BCUT2D eigenvalue weighted by Crippen LogP contribution is -1.99. The van der Waals surface area contributed by atoms with E-state index in [0.29, 0.717) is 5.56 Å². The van der Waals surface area contributed by atoms with E-state index in [9.17, 15) is 9.90 Å². The van der Waals surface area contributed by atoms with Crippen LogP contribution in [0.1, 0.15) is 21.5 Å². The summed E-state index contributed by atoms with van der Waals surface area (Å²) in [5, 5.41) is 9.21. The van der Waals surface area contributed by atoms with Gasteiger partial charge in [-0.25, -0.2) is 9.78 Å². The topological polar surface area (TPSA) is 54.6 Å². The maximum absolute atomic E-state index is 11.2. The second-order valence-electron chi connectivity index (χ2n) is 6.50. The molecule has 0 spiro atoms. The summed E-state index contributed by atoms with van der Waals surface area (Å²) in [6, 6.07) is 17.8. The van der Waals surface area contributed by atoms with Crippen molar-refractivity contribution in [3.8, 4) is 22.5 Å². The van der Waals surface area contributed by atoms with Crippen LogP contribution >= 0.6 is 0 Å². The molecule has 4 nitrogen and oxygen atoms in total. The van der Waals surface area contributed by atoms with Crippen molar-refractivity contribution in [2.45, 2.75) is 13.8 Å². The summed E-state index contributed by atoms with van der Waals surface area (Å²) in [6.07, 6.45) is 3.91. The van der Waals surface area contributed by atoms with Crippen LogP contribution in [-0.4, -0.2) is 20.5 Å². The molecule has 2 aromatic heterocycles. The number of fused-ring (bicyclic) bond motifs is 1. The molecule has 1 N–H and O–H groups in total. The van der Waals surface area contributed by atoms with Gasteiger partial charge in [-0.2, -0.15) is 0 Å². The average Bonchev–Trinajstić information content (AvgIpc) is 3.04. The predicted molar refractivity (Wildman–Crippen MR) is 102 cm³/mol. The fourth-order valence-electron chi connectivity index (χ4n) is 3.24. The minimum atomic E-state index is -0.902. The normalized spacial score (nSPS) is 11.0. The molecule has 0 aliphatic rings. The Labute approximate surface area is 151 Å². The van der Waals surface area contributed by atoms with E-state index in [1.165, 1.54) is 5.56 Å². The molecule has 4 heteroatoms. The van der Waals surface area contributed by atoms with Crippen molar-refractivity contribution in [3.05, 3.63) is 83.7 Å². The summed E-state index contributed by atoms with van der Waals surface area (Å²) in [5.74, 6) is -0.00901. The minimum absolute atomic E-state index is 0.331.